The Labute approximate surface area is 166 Å². The Morgan fingerprint density at radius 2 is 1.04 bits per heavy atom. The molecule has 0 fully saturated rings. The van der Waals surface area contributed by atoms with E-state index in [0.29, 0.717) is 0 Å². The minimum absolute atomic E-state index is 0.760. The van der Waals surface area contributed by atoms with Crippen LogP contribution in [0, 0.1) is 0 Å². The lowest BCUT2D eigenvalue weighted by Crippen LogP contribution is -2.36. The van der Waals surface area contributed by atoms with Gasteiger partial charge < -0.3 is 4.74 Å². The lowest BCUT2D eigenvalue weighted by molar-refractivity contribution is 0.155. The highest BCUT2D eigenvalue weighted by atomic mass is 16.5. The molecule has 0 atom stereocenters. The summed E-state index contributed by atoms with van der Waals surface area (Å²) in [5.74, 6) is 0.800. The van der Waals surface area contributed by atoms with Crippen LogP contribution < -0.4 is 4.74 Å². The normalized spacial score (nSPS) is 11.0. The van der Waals surface area contributed by atoms with E-state index in [9.17, 15) is 0 Å². The number of hydrogen-bond acceptors (Lipinski definition) is 1. The third-order valence-corrected chi connectivity index (χ3v) is 4.91. The van der Waals surface area contributed by atoms with Crippen LogP contribution >= 0.6 is 0 Å². The lowest BCUT2D eigenvalue weighted by Gasteiger charge is -2.36. The first-order valence-corrected chi connectivity index (χ1v) is 9.41. The van der Waals surface area contributed by atoms with E-state index in [0.717, 1.165) is 28.0 Å². The number of ether oxygens (including phenoxy) is 1. The summed E-state index contributed by atoms with van der Waals surface area (Å²) in [5.41, 5.74) is 3.51. The molecule has 4 aromatic carbocycles. The van der Waals surface area contributed by atoms with Gasteiger partial charge in [0.05, 0.1) is 0 Å². The first-order chi connectivity index (χ1) is 13.8. The zero-order chi connectivity index (χ0) is 19.2. The number of hydrogen-bond donors (Lipinski definition) is 0. The molecule has 0 heterocycles. The van der Waals surface area contributed by atoms with E-state index in [2.05, 4.69) is 79.4 Å². The Bertz CT molecular complexity index is 940. The lowest BCUT2D eigenvalue weighted by atomic mass is 9.80. The predicted molar refractivity (Wildman–Crippen MR) is 116 cm³/mol. The van der Waals surface area contributed by atoms with Gasteiger partial charge in [-0.25, -0.2) is 0 Å². The van der Waals surface area contributed by atoms with Crippen molar-refractivity contribution < 1.29 is 4.74 Å². The molecule has 0 spiro atoms. The molecule has 4 rings (SSSR count). The summed E-state index contributed by atoms with van der Waals surface area (Å²) in [6, 6.07) is 39.2. The van der Waals surface area contributed by atoms with E-state index >= 15 is 0 Å². The van der Waals surface area contributed by atoms with Crippen LogP contribution in [0.15, 0.2) is 122 Å². The molecule has 0 aromatic heterocycles. The van der Waals surface area contributed by atoms with Gasteiger partial charge in [-0.2, -0.15) is 0 Å². The minimum Gasteiger partial charge on any atom is -0.473 e. The van der Waals surface area contributed by atoms with Crippen molar-refractivity contribution in [3.8, 4) is 5.75 Å². The largest absolute Gasteiger partial charge is 0.473 e. The third kappa shape index (κ3) is 3.35. The van der Waals surface area contributed by atoms with Gasteiger partial charge in [0.1, 0.15) is 5.75 Å². The molecule has 1 nitrogen and oxygen atoms in total. The van der Waals surface area contributed by atoms with Crippen molar-refractivity contribution in [1.82, 2.24) is 0 Å². The van der Waals surface area contributed by atoms with Crippen LogP contribution in [0.4, 0.5) is 0 Å². The van der Waals surface area contributed by atoms with Gasteiger partial charge in [-0.1, -0.05) is 116 Å². The van der Waals surface area contributed by atoms with Gasteiger partial charge >= 0.3 is 0 Å². The van der Waals surface area contributed by atoms with Crippen molar-refractivity contribution in [2.75, 3.05) is 0 Å². The summed E-state index contributed by atoms with van der Waals surface area (Å²) in [5, 5.41) is 0. The summed E-state index contributed by atoms with van der Waals surface area (Å²) in [6.07, 6.45) is 1.84. The first-order valence-electron chi connectivity index (χ1n) is 9.41. The van der Waals surface area contributed by atoms with Crippen LogP contribution in [-0.4, -0.2) is 0 Å². The van der Waals surface area contributed by atoms with E-state index in [4.69, 9.17) is 4.74 Å². The van der Waals surface area contributed by atoms with Crippen molar-refractivity contribution in [1.29, 1.82) is 0 Å². The van der Waals surface area contributed by atoms with Crippen molar-refractivity contribution in [3.63, 3.8) is 0 Å². The van der Waals surface area contributed by atoms with Crippen molar-refractivity contribution in [2.24, 2.45) is 0 Å². The van der Waals surface area contributed by atoms with Crippen LogP contribution in [-0.2, 0) is 5.60 Å². The van der Waals surface area contributed by atoms with E-state index in [1.807, 2.05) is 48.5 Å². The van der Waals surface area contributed by atoms with Gasteiger partial charge in [0, 0.05) is 16.7 Å². The van der Waals surface area contributed by atoms with E-state index in [-0.39, 0.29) is 0 Å². The monoisotopic (exact) mass is 362 g/mol. The summed E-state index contributed by atoms with van der Waals surface area (Å²) in [4.78, 5) is 0. The summed E-state index contributed by atoms with van der Waals surface area (Å²) in [6.45, 7) is 3.89. The maximum atomic E-state index is 6.86. The highest BCUT2D eigenvalue weighted by Gasteiger charge is 2.38. The third-order valence-electron chi connectivity index (χ3n) is 4.91. The van der Waals surface area contributed by atoms with E-state index < -0.39 is 5.60 Å². The quantitative estimate of drug-likeness (QED) is 0.347. The highest BCUT2D eigenvalue weighted by molar-refractivity contribution is 5.52. The second kappa shape index (κ2) is 7.98. The molecule has 0 unspecified atom stereocenters. The van der Waals surface area contributed by atoms with Gasteiger partial charge in [-0.3, -0.25) is 0 Å². The Hall–Kier alpha value is -3.58. The maximum Gasteiger partial charge on any atom is 0.184 e. The maximum absolute atomic E-state index is 6.86. The van der Waals surface area contributed by atoms with E-state index in [1.54, 1.807) is 0 Å². The molecule has 0 aliphatic rings. The van der Waals surface area contributed by atoms with Crippen molar-refractivity contribution in [2.45, 2.75) is 5.60 Å². The predicted octanol–water partition coefficient (Wildman–Crippen LogP) is 6.70. The smallest absolute Gasteiger partial charge is 0.184 e. The Kier molecular flexibility index (Phi) is 5.07. The fraction of sp³-hybridized carbons (Fsp3) is 0.0370. The molecular formula is C27H22O. The SMILES string of the molecule is C=Cc1cccc(OC(c2ccccc2)(c2ccccc2)c2ccccc2)c1. The second-order valence-electron chi connectivity index (χ2n) is 6.66. The van der Waals surface area contributed by atoms with Gasteiger partial charge in [0.15, 0.2) is 5.60 Å². The van der Waals surface area contributed by atoms with Gasteiger partial charge in [-0.15, -0.1) is 0 Å². The first kappa shape index (κ1) is 17.8. The molecule has 0 amide bonds. The van der Waals surface area contributed by atoms with Crippen LogP contribution in [0.1, 0.15) is 22.3 Å². The molecule has 0 aliphatic heterocycles. The zero-order valence-electron chi connectivity index (χ0n) is 15.7. The molecular weight excluding hydrogens is 340 g/mol. The number of rotatable bonds is 6. The molecule has 0 saturated heterocycles. The zero-order valence-corrected chi connectivity index (χ0v) is 15.7. The van der Waals surface area contributed by atoms with Crippen LogP contribution in [0.3, 0.4) is 0 Å². The summed E-state index contributed by atoms with van der Waals surface area (Å²) in [7, 11) is 0. The van der Waals surface area contributed by atoms with Gasteiger partial charge in [-0.05, 0) is 17.7 Å². The standard InChI is InChI=1S/C27H22O/c1-2-22-13-12-20-26(21-22)28-27(23-14-6-3-7-15-23,24-16-8-4-9-17-24)25-18-10-5-11-19-25/h2-21H,1H2. The molecule has 136 valence electrons. The van der Waals surface area contributed by atoms with Gasteiger partial charge in [0.2, 0.25) is 0 Å². The molecule has 0 aliphatic carbocycles. The molecule has 4 aromatic rings. The Balaban J connectivity index is 1.99. The van der Waals surface area contributed by atoms with Crippen LogP contribution in [0.25, 0.3) is 6.08 Å². The molecule has 0 radical (unpaired) electrons. The molecule has 0 bridgehead atoms. The summed E-state index contributed by atoms with van der Waals surface area (Å²) >= 11 is 0. The van der Waals surface area contributed by atoms with Crippen molar-refractivity contribution >= 4 is 6.08 Å². The average Bonchev–Trinajstić information content (AvgIpc) is 2.79. The fourth-order valence-electron chi connectivity index (χ4n) is 3.58. The van der Waals surface area contributed by atoms with E-state index in [1.165, 1.54) is 0 Å². The summed E-state index contributed by atoms with van der Waals surface area (Å²) < 4.78 is 6.86. The fourth-order valence-corrected chi connectivity index (χ4v) is 3.58. The van der Waals surface area contributed by atoms with Crippen molar-refractivity contribution in [3.05, 3.63) is 144 Å². The molecule has 28 heavy (non-hydrogen) atoms. The minimum atomic E-state index is -0.760. The highest BCUT2D eigenvalue weighted by Crippen LogP contribution is 2.41. The molecule has 1 heteroatoms. The Morgan fingerprint density at radius 3 is 1.46 bits per heavy atom. The average molecular weight is 362 g/mol. The van der Waals surface area contributed by atoms with Crippen LogP contribution in [0.5, 0.6) is 5.75 Å². The topological polar surface area (TPSA) is 9.23 Å². The second-order valence-corrected chi connectivity index (χ2v) is 6.66. The Morgan fingerprint density at radius 1 is 0.571 bits per heavy atom. The molecule has 0 N–H and O–H groups in total. The number of benzene rings is 4. The van der Waals surface area contributed by atoms with Gasteiger partial charge in [0.25, 0.3) is 0 Å². The molecule has 0 saturated carbocycles. The van der Waals surface area contributed by atoms with Crippen LogP contribution in [0.2, 0.25) is 0 Å².